The average molecular weight is 181 g/mol. The van der Waals surface area contributed by atoms with Crippen LogP contribution in [0, 0.1) is 5.92 Å². The number of ether oxygens (including phenoxy) is 1. The van der Waals surface area contributed by atoms with Crippen LogP contribution in [0.25, 0.3) is 0 Å². The summed E-state index contributed by atoms with van der Waals surface area (Å²) in [6.07, 6.45) is 7.82. The maximum atomic E-state index is 5.83. The van der Waals surface area contributed by atoms with Crippen LogP contribution in [0.15, 0.2) is 0 Å². The molecule has 0 radical (unpaired) electrons. The van der Waals surface area contributed by atoms with Gasteiger partial charge >= 0.3 is 0 Å². The van der Waals surface area contributed by atoms with Gasteiger partial charge in [-0.05, 0) is 38.0 Å². The van der Waals surface area contributed by atoms with Gasteiger partial charge in [-0.15, -0.1) is 0 Å². The third-order valence-corrected chi connectivity index (χ3v) is 4.15. The molecule has 5 atom stereocenters. The van der Waals surface area contributed by atoms with Crippen molar-refractivity contribution in [1.29, 1.82) is 0 Å². The molecule has 1 saturated carbocycles. The molecular formula is C11H19NO. The fraction of sp³-hybridized carbons (Fsp3) is 1.00. The second-order valence-corrected chi connectivity index (χ2v) is 5.04. The molecular weight excluding hydrogens is 162 g/mol. The number of hydrogen-bond acceptors (Lipinski definition) is 2. The van der Waals surface area contributed by atoms with Crippen molar-refractivity contribution >= 4 is 0 Å². The molecule has 74 valence electrons. The van der Waals surface area contributed by atoms with Crippen molar-refractivity contribution in [2.24, 2.45) is 5.92 Å². The zero-order valence-corrected chi connectivity index (χ0v) is 8.33. The summed E-state index contributed by atoms with van der Waals surface area (Å²) in [5.74, 6) is 0.902. The van der Waals surface area contributed by atoms with Crippen LogP contribution < -0.4 is 5.32 Å². The molecule has 2 bridgehead atoms. The second kappa shape index (κ2) is 2.96. The molecule has 2 nitrogen and oxygen atoms in total. The van der Waals surface area contributed by atoms with Crippen molar-refractivity contribution in [1.82, 2.24) is 5.32 Å². The molecule has 0 spiro atoms. The Labute approximate surface area is 80.0 Å². The molecule has 3 fully saturated rings. The Hall–Kier alpha value is -0.0800. The zero-order valence-electron chi connectivity index (χ0n) is 8.33. The van der Waals surface area contributed by atoms with Crippen LogP contribution in [0.3, 0.4) is 0 Å². The lowest BCUT2D eigenvalue weighted by molar-refractivity contribution is 0.0905. The Bertz CT molecular complexity index is 206. The molecule has 2 heterocycles. The van der Waals surface area contributed by atoms with E-state index < -0.39 is 0 Å². The number of fused-ring (bicyclic) bond motifs is 2. The van der Waals surface area contributed by atoms with Gasteiger partial charge in [-0.1, -0.05) is 6.92 Å². The minimum Gasteiger partial charge on any atom is -0.373 e. The van der Waals surface area contributed by atoms with Gasteiger partial charge in [-0.2, -0.15) is 0 Å². The van der Waals surface area contributed by atoms with Crippen molar-refractivity contribution in [3.05, 3.63) is 0 Å². The SMILES string of the molecule is CC1CCC1N[C@H]1CC2CCC1O2. The molecule has 2 aliphatic heterocycles. The first-order chi connectivity index (χ1) is 6.33. The maximum absolute atomic E-state index is 5.83. The Balaban J connectivity index is 1.56. The molecule has 0 amide bonds. The van der Waals surface area contributed by atoms with Gasteiger partial charge in [0, 0.05) is 12.1 Å². The van der Waals surface area contributed by atoms with Crippen molar-refractivity contribution in [3.8, 4) is 0 Å². The van der Waals surface area contributed by atoms with E-state index in [2.05, 4.69) is 12.2 Å². The molecule has 0 aromatic heterocycles. The van der Waals surface area contributed by atoms with Crippen molar-refractivity contribution in [3.63, 3.8) is 0 Å². The van der Waals surface area contributed by atoms with Crippen molar-refractivity contribution in [2.75, 3.05) is 0 Å². The summed E-state index contributed by atoms with van der Waals surface area (Å²) in [4.78, 5) is 0. The summed E-state index contributed by atoms with van der Waals surface area (Å²) in [6.45, 7) is 2.36. The van der Waals surface area contributed by atoms with E-state index in [-0.39, 0.29) is 0 Å². The highest BCUT2D eigenvalue weighted by Gasteiger charge is 2.42. The van der Waals surface area contributed by atoms with Gasteiger partial charge in [0.2, 0.25) is 0 Å². The molecule has 0 aromatic rings. The van der Waals surface area contributed by atoms with Gasteiger partial charge in [0.05, 0.1) is 12.2 Å². The van der Waals surface area contributed by atoms with Gasteiger partial charge < -0.3 is 10.1 Å². The highest BCUT2D eigenvalue weighted by atomic mass is 16.5. The van der Waals surface area contributed by atoms with Gasteiger partial charge in [0.15, 0.2) is 0 Å². The third kappa shape index (κ3) is 1.31. The summed E-state index contributed by atoms with van der Waals surface area (Å²) < 4.78 is 5.83. The van der Waals surface area contributed by atoms with Crippen LogP contribution in [-0.4, -0.2) is 24.3 Å². The van der Waals surface area contributed by atoms with E-state index in [1.54, 1.807) is 0 Å². The summed E-state index contributed by atoms with van der Waals surface area (Å²) in [5, 5.41) is 3.77. The van der Waals surface area contributed by atoms with E-state index in [0.717, 1.165) is 12.0 Å². The lowest BCUT2D eigenvalue weighted by Gasteiger charge is -2.38. The van der Waals surface area contributed by atoms with Crippen LogP contribution >= 0.6 is 0 Å². The zero-order chi connectivity index (χ0) is 8.84. The Morgan fingerprint density at radius 3 is 2.46 bits per heavy atom. The topological polar surface area (TPSA) is 21.3 Å². The quantitative estimate of drug-likeness (QED) is 0.700. The average Bonchev–Trinajstić information content (AvgIpc) is 2.72. The van der Waals surface area contributed by atoms with Crippen molar-refractivity contribution < 1.29 is 4.74 Å². The molecule has 3 rings (SSSR count). The second-order valence-electron chi connectivity index (χ2n) is 5.04. The molecule has 3 aliphatic rings. The summed E-state index contributed by atoms with van der Waals surface area (Å²) in [5.41, 5.74) is 0. The van der Waals surface area contributed by atoms with Gasteiger partial charge in [0.1, 0.15) is 0 Å². The number of hydrogen-bond donors (Lipinski definition) is 1. The summed E-state index contributed by atoms with van der Waals surface area (Å²) in [7, 11) is 0. The maximum Gasteiger partial charge on any atom is 0.0733 e. The molecule has 2 heteroatoms. The third-order valence-electron chi connectivity index (χ3n) is 4.15. The first-order valence-electron chi connectivity index (χ1n) is 5.74. The molecule has 2 saturated heterocycles. The minimum atomic E-state index is 0.554. The normalized spacial score (nSPS) is 53.8. The monoisotopic (exact) mass is 181 g/mol. The molecule has 4 unspecified atom stereocenters. The van der Waals surface area contributed by atoms with Crippen LogP contribution in [0.2, 0.25) is 0 Å². The first-order valence-corrected chi connectivity index (χ1v) is 5.74. The van der Waals surface area contributed by atoms with Gasteiger partial charge in [-0.3, -0.25) is 0 Å². The van der Waals surface area contributed by atoms with Crippen LogP contribution in [0.1, 0.15) is 39.0 Å². The predicted molar refractivity (Wildman–Crippen MR) is 51.6 cm³/mol. The highest BCUT2D eigenvalue weighted by Crippen LogP contribution is 2.36. The standard InChI is InChI=1S/C11H19NO/c1-7-2-4-9(7)12-10-6-8-3-5-11(10)13-8/h7-12H,2-6H2,1H3/t7?,8?,9?,10-,11?/m0/s1. The van der Waals surface area contributed by atoms with E-state index in [4.69, 9.17) is 4.74 Å². The fourth-order valence-electron chi connectivity index (χ4n) is 3.00. The Morgan fingerprint density at radius 2 is 2.00 bits per heavy atom. The van der Waals surface area contributed by atoms with E-state index in [1.807, 2.05) is 0 Å². The fourth-order valence-corrected chi connectivity index (χ4v) is 3.00. The Morgan fingerprint density at radius 1 is 1.08 bits per heavy atom. The summed E-state index contributed by atoms with van der Waals surface area (Å²) >= 11 is 0. The van der Waals surface area contributed by atoms with Gasteiger partial charge in [-0.25, -0.2) is 0 Å². The number of rotatable bonds is 2. The predicted octanol–water partition coefficient (Wildman–Crippen LogP) is 1.69. The molecule has 1 N–H and O–H groups in total. The van der Waals surface area contributed by atoms with E-state index in [1.165, 1.54) is 32.1 Å². The van der Waals surface area contributed by atoms with Gasteiger partial charge in [0.25, 0.3) is 0 Å². The largest absolute Gasteiger partial charge is 0.373 e. The lowest BCUT2D eigenvalue weighted by Crippen LogP contribution is -2.50. The molecule has 0 aromatic carbocycles. The van der Waals surface area contributed by atoms with Crippen LogP contribution in [-0.2, 0) is 4.74 Å². The van der Waals surface area contributed by atoms with Crippen LogP contribution in [0.5, 0.6) is 0 Å². The van der Waals surface area contributed by atoms with Crippen molar-refractivity contribution in [2.45, 2.75) is 63.3 Å². The van der Waals surface area contributed by atoms with E-state index in [0.29, 0.717) is 18.2 Å². The van der Waals surface area contributed by atoms with Crippen LogP contribution in [0.4, 0.5) is 0 Å². The number of nitrogens with one attached hydrogen (secondary N) is 1. The smallest absolute Gasteiger partial charge is 0.0733 e. The molecule has 13 heavy (non-hydrogen) atoms. The summed E-state index contributed by atoms with van der Waals surface area (Å²) in [6, 6.07) is 1.49. The first kappa shape index (κ1) is 8.25. The minimum absolute atomic E-state index is 0.554. The highest BCUT2D eigenvalue weighted by molar-refractivity contribution is 4.97. The lowest BCUT2D eigenvalue weighted by atomic mass is 9.80. The van der Waals surface area contributed by atoms with E-state index >= 15 is 0 Å². The molecule has 1 aliphatic carbocycles. The van der Waals surface area contributed by atoms with E-state index in [9.17, 15) is 0 Å². The Kier molecular flexibility index (Phi) is 1.88.